The number of fused-ring (bicyclic) bond motifs is 2. The van der Waals surface area contributed by atoms with E-state index in [0.29, 0.717) is 18.2 Å². The summed E-state index contributed by atoms with van der Waals surface area (Å²) in [5, 5.41) is 1.33. The first-order valence-corrected chi connectivity index (χ1v) is 11.4. The summed E-state index contributed by atoms with van der Waals surface area (Å²) < 4.78 is 15.1. The van der Waals surface area contributed by atoms with E-state index in [2.05, 4.69) is 64.0 Å². The van der Waals surface area contributed by atoms with E-state index in [0.717, 1.165) is 23.9 Å². The quantitative estimate of drug-likeness (QED) is 0.578. The van der Waals surface area contributed by atoms with Crippen LogP contribution >= 0.6 is 15.9 Å². The minimum Gasteiger partial charge on any atom is -0.462 e. The molecule has 0 bridgehead atoms. The highest BCUT2D eigenvalue weighted by atomic mass is 79.9. The number of aromatic nitrogens is 2. The lowest BCUT2D eigenvalue weighted by atomic mass is 9.69. The molecule has 1 aliphatic heterocycles. The zero-order valence-electron chi connectivity index (χ0n) is 18.0. The van der Waals surface area contributed by atoms with Gasteiger partial charge in [0.2, 0.25) is 0 Å². The fraction of sp³-hybridized carbons (Fsp3) is 0.417. The van der Waals surface area contributed by atoms with Crippen molar-refractivity contribution < 1.29 is 19.2 Å². The Morgan fingerprint density at radius 3 is 3.00 bits per heavy atom. The molecule has 1 saturated heterocycles. The van der Waals surface area contributed by atoms with Crippen molar-refractivity contribution in [1.82, 2.24) is 9.55 Å². The van der Waals surface area contributed by atoms with Crippen molar-refractivity contribution in [2.75, 3.05) is 27.3 Å². The van der Waals surface area contributed by atoms with Crippen molar-refractivity contribution >= 4 is 32.8 Å². The third-order valence-electron chi connectivity index (χ3n) is 7.09. The Morgan fingerprint density at radius 2 is 2.23 bits per heavy atom. The van der Waals surface area contributed by atoms with Crippen molar-refractivity contribution in [2.24, 2.45) is 13.0 Å². The summed E-state index contributed by atoms with van der Waals surface area (Å²) in [5.74, 6) is -0.128. The van der Waals surface area contributed by atoms with Crippen LogP contribution in [0.5, 0.6) is 0 Å². The average molecular weight is 485 g/mol. The fourth-order valence-corrected chi connectivity index (χ4v) is 6.16. The molecule has 2 aliphatic rings. The van der Waals surface area contributed by atoms with Crippen LogP contribution in [0, 0.1) is 5.92 Å². The molecule has 162 valence electrons. The van der Waals surface area contributed by atoms with E-state index >= 15 is 0 Å². The molecule has 1 unspecified atom stereocenters. The van der Waals surface area contributed by atoms with Gasteiger partial charge in [-0.1, -0.05) is 12.1 Å². The molecule has 0 spiro atoms. The number of nitrogens with one attached hydrogen (secondary N) is 1. The lowest BCUT2D eigenvalue weighted by molar-refractivity contribution is -0.925. The monoisotopic (exact) mass is 484 g/mol. The Balaban J connectivity index is 1.44. The molecule has 0 saturated carbocycles. The van der Waals surface area contributed by atoms with E-state index in [1.165, 1.54) is 33.1 Å². The number of methoxy groups -OCH3 is 1. The highest BCUT2D eigenvalue weighted by Crippen LogP contribution is 2.46. The van der Waals surface area contributed by atoms with Gasteiger partial charge < -0.3 is 18.9 Å². The zero-order valence-corrected chi connectivity index (χ0v) is 19.6. The number of pyridine rings is 1. The van der Waals surface area contributed by atoms with Gasteiger partial charge in [-0.05, 0) is 45.6 Å². The summed E-state index contributed by atoms with van der Waals surface area (Å²) in [6, 6.07) is 8.59. The van der Waals surface area contributed by atoms with E-state index in [1.807, 2.05) is 7.11 Å². The van der Waals surface area contributed by atoms with Crippen molar-refractivity contribution in [3.8, 4) is 0 Å². The number of piperidine rings is 1. The second-order valence-electron chi connectivity index (χ2n) is 8.93. The first-order chi connectivity index (χ1) is 14.9. The van der Waals surface area contributed by atoms with Crippen LogP contribution in [-0.4, -0.2) is 48.9 Å². The highest BCUT2D eigenvalue weighted by molar-refractivity contribution is 9.10. The molecule has 6 nitrogen and oxygen atoms in total. The van der Waals surface area contributed by atoms with Gasteiger partial charge in [0.25, 0.3) is 0 Å². The summed E-state index contributed by atoms with van der Waals surface area (Å²) in [6.45, 7) is 1.32. The number of quaternary nitrogens is 1. The van der Waals surface area contributed by atoms with Gasteiger partial charge in [0.05, 0.1) is 25.8 Å². The molecule has 2 aromatic heterocycles. The summed E-state index contributed by atoms with van der Waals surface area (Å²) in [5.41, 5.74) is 3.99. The summed E-state index contributed by atoms with van der Waals surface area (Å²) in [6.07, 6.45) is 7.28. The number of likely N-dealkylation sites (N-methyl/N-ethyl adjacent to an activating group) is 1. The molecule has 1 N–H and O–H groups in total. The maximum Gasteiger partial charge on any atom is 0.339 e. The maximum atomic E-state index is 12.5. The summed E-state index contributed by atoms with van der Waals surface area (Å²) >= 11 is 3.36. The molecule has 4 atom stereocenters. The minimum atomic E-state index is -0.384. The van der Waals surface area contributed by atoms with Crippen molar-refractivity contribution in [3.63, 3.8) is 0 Å². The topological polar surface area (TPSA) is 57.8 Å². The molecular weight excluding hydrogens is 458 g/mol. The Morgan fingerprint density at radius 1 is 1.39 bits per heavy atom. The lowest BCUT2D eigenvalue weighted by Crippen LogP contribution is -3.17. The number of carbonyl (C=O) groups is 1. The van der Waals surface area contributed by atoms with Crippen molar-refractivity contribution in [1.29, 1.82) is 0 Å². The van der Waals surface area contributed by atoms with Gasteiger partial charge in [-0.3, -0.25) is 4.98 Å². The highest BCUT2D eigenvalue weighted by Gasteiger charge is 2.54. The minimum absolute atomic E-state index is 0.209. The van der Waals surface area contributed by atoms with Crippen LogP contribution in [0.3, 0.4) is 0 Å². The van der Waals surface area contributed by atoms with Gasteiger partial charge in [-0.2, -0.15) is 0 Å². The van der Waals surface area contributed by atoms with Gasteiger partial charge in [-0.15, -0.1) is 0 Å². The molecule has 7 heteroatoms. The van der Waals surface area contributed by atoms with Crippen LogP contribution in [0.25, 0.3) is 10.9 Å². The first-order valence-electron chi connectivity index (χ1n) is 10.7. The number of hydrogen-bond donors (Lipinski definition) is 1. The zero-order chi connectivity index (χ0) is 21.8. The molecule has 1 aliphatic carbocycles. The molecule has 5 rings (SSSR count). The van der Waals surface area contributed by atoms with Crippen LogP contribution < -0.4 is 4.90 Å². The Kier molecular flexibility index (Phi) is 5.15. The Hall–Kier alpha value is -2.22. The molecule has 1 fully saturated rings. The number of esters is 1. The number of halogens is 1. The first kappa shape index (κ1) is 20.7. The van der Waals surface area contributed by atoms with Crippen LogP contribution in [0.2, 0.25) is 0 Å². The van der Waals surface area contributed by atoms with Crippen molar-refractivity contribution in [2.45, 2.75) is 24.5 Å². The smallest absolute Gasteiger partial charge is 0.339 e. The summed E-state index contributed by atoms with van der Waals surface area (Å²) in [7, 11) is 6.17. The third kappa shape index (κ3) is 3.30. The number of benzene rings is 1. The normalized spacial score (nSPS) is 27.2. The van der Waals surface area contributed by atoms with E-state index in [-0.39, 0.29) is 17.5 Å². The second kappa shape index (κ2) is 7.73. The van der Waals surface area contributed by atoms with Crippen molar-refractivity contribution in [3.05, 3.63) is 64.0 Å². The van der Waals surface area contributed by atoms with E-state index in [1.54, 1.807) is 12.3 Å². The molecule has 0 amide bonds. The number of carbonyl (C=O) groups excluding carboxylic acids is 1. The molecule has 0 radical (unpaired) electrons. The van der Waals surface area contributed by atoms with Gasteiger partial charge in [0.15, 0.2) is 0 Å². The van der Waals surface area contributed by atoms with E-state index in [4.69, 9.17) is 9.47 Å². The third-order valence-corrected chi connectivity index (χ3v) is 7.52. The van der Waals surface area contributed by atoms with Gasteiger partial charge in [0, 0.05) is 60.5 Å². The van der Waals surface area contributed by atoms with E-state index in [9.17, 15) is 4.79 Å². The van der Waals surface area contributed by atoms with Gasteiger partial charge in [-0.25, -0.2) is 4.79 Å². The molecule has 3 aromatic rings. The number of aryl methyl sites for hydroxylation is 1. The van der Waals surface area contributed by atoms with Crippen LogP contribution in [-0.2, 0) is 28.5 Å². The number of likely N-dealkylation sites (tertiary alicyclic amines) is 1. The van der Waals surface area contributed by atoms with Gasteiger partial charge >= 0.3 is 5.97 Å². The summed E-state index contributed by atoms with van der Waals surface area (Å²) in [4.78, 5) is 18.0. The van der Waals surface area contributed by atoms with Crippen LogP contribution in [0.4, 0.5) is 0 Å². The van der Waals surface area contributed by atoms with Gasteiger partial charge in [0.1, 0.15) is 11.6 Å². The van der Waals surface area contributed by atoms with Crippen LogP contribution in [0.15, 0.2) is 47.3 Å². The predicted octanol–water partition coefficient (Wildman–Crippen LogP) is 2.49. The average Bonchev–Trinajstić information content (AvgIpc) is 3.09. The molecule has 3 heterocycles. The maximum absolute atomic E-state index is 12.5. The predicted molar refractivity (Wildman–Crippen MR) is 121 cm³/mol. The number of hydrogen-bond acceptors (Lipinski definition) is 4. The number of nitrogens with zero attached hydrogens (tertiary/aromatic N) is 2. The number of ether oxygens (including phenoxy) is 2. The second-order valence-corrected chi connectivity index (χ2v) is 9.84. The fourth-order valence-electron chi connectivity index (χ4n) is 5.80. The number of rotatable bonds is 4. The molecular formula is C24H27BrN3O3+. The largest absolute Gasteiger partial charge is 0.462 e. The SMILES string of the molecule is CO[C@]12C[C@H](COC(=O)c3cncc(Br)c3)C[NH+](C)[C@@H]1Cc1cn(C)c3cccc2c13. The van der Waals surface area contributed by atoms with Crippen LogP contribution in [0.1, 0.15) is 27.9 Å². The van der Waals surface area contributed by atoms with E-state index < -0.39 is 0 Å². The Bertz CT molecular complexity index is 1160. The molecule has 31 heavy (non-hydrogen) atoms. The Labute approximate surface area is 190 Å². The lowest BCUT2D eigenvalue weighted by Gasteiger charge is -2.50. The standard InChI is InChI=1S/C24H26BrN3O3/c1-27-13-17-8-21-24(30-3,19-5-4-6-20(27)22(17)19)9-15(12-28(21)2)14-31-23(29)16-7-18(25)11-26-10-16/h4-7,10-11,13,15,21H,8-9,12,14H2,1-3H3/p+1/t15-,21+,24-/m0/s1. The molecule has 1 aromatic carbocycles.